The van der Waals surface area contributed by atoms with Crippen molar-refractivity contribution >= 4 is 31.5 Å². The minimum atomic E-state index is 0.748. The van der Waals surface area contributed by atoms with Crippen LogP contribution >= 0.6 is 11.3 Å². The van der Waals surface area contributed by atoms with Crippen molar-refractivity contribution in [3.63, 3.8) is 0 Å². The van der Waals surface area contributed by atoms with E-state index in [0.717, 1.165) is 63.7 Å². The Labute approximate surface area is 178 Å². The van der Waals surface area contributed by atoms with Crippen molar-refractivity contribution < 1.29 is 9.47 Å². The van der Waals surface area contributed by atoms with E-state index in [4.69, 9.17) is 9.47 Å². The maximum atomic E-state index is 5.94. The van der Waals surface area contributed by atoms with Crippen molar-refractivity contribution in [2.45, 2.75) is 39.5 Å². The number of nitrogens with one attached hydrogen (secondary N) is 2. The van der Waals surface area contributed by atoms with Gasteiger partial charge in [0, 0.05) is 20.2 Å². The van der Waals surface area contributed by atoms with Crippen molar-refractivity contribution in [3.8, 4) is 11.5 Å². The molecule has 5 heteroatoms. The Morgan fingerprint density at radius 1 is 0.690 bits per heavy atom. The van der Waals surface area contributed by atoms with Crippen LogP contribution in [0.5, 0.6) is 11.5 Å². The van der Waals surface area contributed by atoms with Gasteiger partial charge in [0.2, 0.25) is 0 Å². The molecule has 2 aromatic carbocycles. The molecule has 0 atom stereocenters. The molecule has 0 bridgehead atoms. The number of benzene rings is 2. The predicted molar refractivity (Wildman–Crippen MR) is 126 cm³/mol. The predicted octanol–water partition coefficient (Wildman–Crippen LogP) is 5.59. The molecule has 2 N–H and O–H groups in total. The lowest BCUT2D eigenvalue weighted by molar-refractivity contribution is 0.308. The minimum absolute atomic E-state index is 0.748. The topological polar surface area (TPSA) is 42.5 Å². The lowest BCUT2D eigenvalue weighted by Gasteiger charge is -2.07. The lowest BCUT2D eigenvalue weighted by Crippen LogP contribution is -2.18. The first-order valence-electron chi connectivity index (χ1n) is 10.9. The highest BCUT2D eigenvalue weighted by molar-refractivity contribution is 7.25. The van der Waals surface area contributed by atoms with Crippen LogP contribution in [0.1, 0.15) is 39.5 Å². The summed E-state index contributed by atoms with van der Waals surface area (Å²) in [7, 11) is 0. The van der Waals surface area contributed by atoms with Gasteiger partial charge in [-0.2, -0.15) is 0 Å². The maximum Gasteiger partial charge on any atom is 0.120 e. The molecule has 0 aliphatic rings. The molecule has 0 aliphatic carbocycles. The zero-order valence-corrected chi connectivity index (χ0v) is 18.6. The van der Waals surface area contributed by atoms with Gasteiger partial charge in [-0.1, -0.05) is 13.8 Å². The van der Waals surface area contributed by atoms with Gasteiger partial charge in [0.25, 0.3) is 0 Å². The van der Waals surface area contributed by atoms with Crippen molar-refractivity contribution in [1.82, 2.24) is 10.6 Å². The van der Waals surface area contributed by atoms with Gasteiger partial charge in [0.05, 0.1) is 13.2 Å². The van der Waals surface area contributed by atoms with Crippen molar-refractivity contribution in [2.75, 3.05) is 39.4 Å². The average molecular weight is 415 g/mol. The molecule has 1 aromatic heterocycles. The number of rotatable bonds is 14. The van der Waals surface area contributed by atoms with Crippen LogP contribution < -0.4 is 20.1 Å². The molecule has 158 valence electrons. The largest absolute Gasteiger partial charge is 0.493 e. The van der Waals surface area contributed by atoms with Gasteiger partial charge in [-0.25, -0.2) is 0 Å². The molecule has 1 heterocycles. The fraction of sp³-hybridized carbons (Fsp3) is 0.500. The third kappa shape index (κ3) is 6.59. The monoisotopic (exact) mass is 414 g/mol. The van der Waals surface area contributed by atoms with Crippen LogP contribution in [0.2, 0.25) is 0 Å². The zero-order chi connectivity index (χ0) is 20.3. The van der Waals surface area contributed by atoms with Gasteiger partial charge in [-0.15, -0.1) is 11.3 Å². The third-order valence-corrected chi connectivity index (χ3v) is 5.92. The second-order valence-corrected chi connectivity index (χ2v) is 8.41. The van der Waals surface area contributed by atoms with Crippen LogP contribution in [0.15, 0.2) is 36.4 Å². The SMILES string of the molecule is CCCNCCCOc1ccc2c(c1)sc1cc(OCCCNCCC)ccc12. The Balaban J connectivity index is 1.56. The zero-order valence-electron chi connectivity index (χ0n) is 17.8. The molecule has 3 aromatic rings. The summed E-state index contributed by atoms with van der Waals surface area (Å²) in [5.74, 6) is 1.91. The van der Waals surface area contributed by atoms with Gasteiger partial charge in [-0.05, 0) is 88.3 Å². The number of thiophene rings is 1. The van der Waals surface area contributed by atoms with Gasteiger partial charge in [0.15, 0.2) is 0 Å². The van der Waals surface area contributed by atoms with E-state index in [-0.39, 0.29) is 0 Å². The number of hydrogen-bond donors (Lipinski definition) is 2. The molecule has 0 saturated heterocycles. The first kappa shape index (κ1) is 21.9. The molecular formula is C24H34N2O2S. The number of hydrogen-bond acceptors (Lipinski definition) is 5. The van der Waals surface area contributed by atoms with Crippen molar-refractivity contribution in [3.05, 3.63) is 36.4 Å². The van der Waals surface area contributed by atoms with Crippen LogP contribution in [0.4, 0.5) is 0 Å². The van der Waals surface area contributed by atoms with Crippen molar-refractivity contribution in [2.24, 2.45) is 0 Å². The molecule has 29 heavy (non-hydrogen) atoms. The summed E-state index contributed by atoms with van der Waals surface area (Å²) in [5.41, 5.74) is 0. The Morgan fingerprint density at radius 3 is 1.62 bits per heavy atom. The second-order valence-electron chi connectivity index (χ2n) is 7.32. The minimum Gasteiger partial charge on any atom is -0.493 e. The van der Waals surface area contributed by atoms with E-state index < -0.39 is 0 Å². The molecule has 0 saturated carbocycles. The first-order valence-corrected chi connectivity index (χ1v) is 11.8. The average Bonchev–Trinajstić information content (AvgIpc) is 3.10. The van der Waals surface area contributed by atoms with E-state index in [0.29, 0.717) is 0 Å². The molecule has 0 fully saturated rings. The molecule has 0 aliphatic heterocycles. The molecule has 0 amide bonds. The first-order chi connectivity index (χ1) is 14.3. The van der Waals surface area contributed by atoms with Crippen LogP contribution in [0.25, 0.3) is 20.2 Å². The standard InChI is InChI=1S/C24H34N2O2S/c1-3-11-25-13-5-15-27-19-7-9-21-22-10-8-20(18-24(22)29-23(21)17-19)28-16-6-14-26-12-4-2/h7-10,17-18,25-26H,3-6,11-16H2,1-2H3. The normalized spacial score (nSPS) is 11.4. The van der Waals surface area contributed by atoms with E-state index in [9.17, 15) is 0 Å². The summed E-state index contributed by atoms with van der Waals surface area (Å²) < 4.78 is 14.4. The van der Waals surface area contributed by atoms with E-state index in [1.54, 1.807) is 11.3 Å². The van der Waals surface area contributed by atoms with E-state index in [1.807, 2.05) is 0 Å². The second kappa shape index (κ2) is 12.0. The molecule has 4 nitrogen and oxygen atoms in total. The Hall–Kier alpha value is -1.82. The Morgan fingerprint density at radius 2 is 1.17 bits per heavy atom. The Kier molecular flexibility index (Phi) is 9.06. The summed E-state index contributed by atoms with van der Waals surface area (Å²) in [6.07, 6.45) is 4.40. The lowest BCUT2D eigenvalue weighted by atomic mass is 10.1. The molecule has 0 unspecified atom stereocenters. The highest BCUT2D eigenvalue weighted by atomic mass is 32.1. The summed E-state index contributed by atoms with van der Waals surface area (Å²) in [5, 5.41) is 9.39. The van der Waals surface area contributed by atoms with Crippen LogP contribution in [-0.2, 0) is 0 Å². The highest BCUT2D eigenvalue weighted by Crippen LogP contribution is 2.37. The quantitative estimate of drug-likeness (QED) is 0.337. The van der Waals surface area contributed by atoms with E-state index in [2.05, 4.69) is 60.9 Å². The van der Waals surface area contributed by atoms with Crippen LogP contribution in [-0.4, -0.2) is 39.4 Å². The third-order valence-electron chi connectivity index (χ3n) is 4.80. The van der Waals surface area contributed by atoms with Gasteiger partial charge in [-0.3, -0.25) is 0 Å². The van der Waals surface area contributed by atoms with E-state index in [1.165, 1.54) is 33.0 Å². The fourth-order valence-electron chi connectivity index (χ4n) is 3.30. The maximum absolute atomic E-state index is 5.94. The summed E-state index contributed by atoms with van der Waals surface area (Å²) in [6, 6.07) is 12.9. The number of fused-ring (bicyclic) bond motifs is 3. The van der Waals surface area contributed by atoms with Crippen molar-refractivity contribution in [1.29, 1.82) is 0 Å². The molecule has 0 radical (unpaired) electrons. The van der Waals surface area contributed by atoms with E-state index >= 15 is 0 Å². The van der Waals surface area contributed by atoms with Gasteiger partial charge < -0.3 is 20.1 Å². The highest BCUT2D eigenvalue weighted by Gasteiger charge is 2.08. The number of ether oxygens (including phenoxy) is 2. The fourth-order valence-corrected chi connectivity index (χ4v) is 4.46. The molecule has 0 spiro atoms. The molecule has 3 rings (SSSR count). The summed E-state index contributed by atoms with van der Waals surface area (Å²) in [4.78, 5) is 0. The van der Waals surface area contributed by atoms with Crippen LogP contribution in [0.3, 0.4) is 0 Å². The molecular weight excluding hydrogens is 380 g/mol. The summed E-state index contributed by atoms with van der Waals surface area (Å²) in [6.45, 7) is 10.0. The summed E-state index contributed by atoms with van der Waals surface area (Å²) >= 11 is 1.81. The van der Waals surface area contributed by atoms with Crippen LogP contribution in [0, 0.1) is 0 Å². The smallest absolute Gasteiger partial charge is 0.120 e. The Bertz CT molecular complexity index is 808. The van der Waals surface area contributed by atoms with Gasteiger partial charge >= 0.3 is 0 Å². The van der Waals surface area contributed by atoms with Gasteiger partial charge in [0.1, 0.15) is 11.5 Å².